The molecule has 1 fully saturated rings. The van der Waals surface area contributed by atoms with Crippen LogP contribution < -0.4 is 5.32 Å². The maximum atomic E-state index is 12.9. The second-order valence-electron chi connectivity index (χ2n) is 7.29. The van der Waals surface area contributed by atoms with Crippen LogP contribution in [0.2, 0.25) is 0 Å². The Bertz CT molecular complexity index is 1190. The van der Waals surface area contributed by atoms with E-state index in [1.807, 2.05) is 0 Å². The molecule has 1 amide bonds. The third-order valence-corrected chi connectivity index (χ3v) is 6.96. The van der Waals surface area contributed by atoms with Crippen molar-refractivity contribution in [2.75, 3.05) is 18.4 Å². The first-order valence-electron chi connectivity index (χ1n) is 9.96. The number of carbonyl (C=O) groups is 1. The van der Waals surface area contributed by atoms with Gasteiger partial charge >= 0.3 is 0 Å². The first kappa shape index (κ1) is 21.0. The van der Waals surface area contributed by atoms with Crippen molar-refractivity contribution in [1.82, 2.24) is 14.3 Å². The van der Waals surface area contributed by atoms with E-state index in [0.29, 0.717) is 30.2 Å². The molecule has 0 radical (unpaired) electrons. The van der Waals surface area contributed by atoms with Gasteiger partial charge < -0.3 is 10.4 Å². The molecule has 2 N–H and O–H groups in total. The summed E-state index contributed by atoms with van der Waals surface area (Å²) < 4.78 is 27.2. The highest BCUT2D eigenvalue weighted by Crippen LogP contribution is 2.23. The maximum Gasteiger partial charge on any atom is 0.255 e. The molecule has 9 heteroatoms. The molecule has 31 heavy (non-hydrogen) atoms. The van der Waals surface area contributed by atoms with E-state index >= 15 is 0 Å². The zero-order valence-electron chi connectivity index (χ0n) is 16.7. The Balaban J connectivity index is 1.49. The Morgan fingerprint density at radius 2 is 1.68 bits per heavy atom. The number of hydrogen-bond donors (Lipinski definition) is 2. The molecular weight excluding hydrogens is 416 g/mol. The lowest BCUT2D eigenvalue weighted by molar-refractivity contribution is 0.102. The number of phenols is 1. The van der Waals surface area contributed by atoms with Gasteiger partial charge in [-0.25, -0.2) is 18.4 Å². The Morgan fingerprint density at radius 3 is 2.39 bits per heavy atom. The summed E-state index contributed by atoms with van der Waals surface area (Å²) in [5, 5.41) is 12.3. The Hall–Kier alpha value is -3.30. The zero-order valence-corrected chi connectivity index (χ0v) is 17.5. The molecule has 0 unspecified atom stereocenters. The van der Waals surface area contributed by atoms with Crippen LogP contribution in [0.3, 0.4) is 0 Å². The number of anilines is 1. The quantitative estimate of drug-likeness (QED) is 0.632. The summed E-state index contributed by atoms with van der Waals surface area (Å²) in [6.07, 6.45) is 5.63. The Kier molecular flexibility index (Phi) is 5.97. The van der Waals surface area contributed by atoms with Gasteiger partial charge in [0.15, 0.2) is 5.82 Å². The minimum atomic E-state index is -3.62. The van der Waals surface area contributed by atoms with Gasteiger partial charge in [0.05, 0.1) is 23.0 Å². The molecule has 3 aromatic rings. The van der Waals surface area contributed by atoms with Gasteiger partial charge in [0.1, 0.15) is 5.75 Å². The molecule has 2 heterocycles. The van der Waals surface area contributed by atoms with Crippen LogP contribution in [0.4, 0.5) is 5.69 Å². The second-order valence-corrected chi connectivity index (χ2v) is 9.23. The summed E-state index contributed by atoms with van der Waals surface area (Å²) in [6.45, 7) is 1.00. The number of aromatic hydroxyl groups is 1. The Labute approximate surface area is 180 Å². The van der Waals surface area contributed by atoms with Crippen LogP contribution in [0.1, 0.15) is 29.6 Å². The smallest absolute Gasteiger partial charge is 0.255 e. The third kappa shape index (κ3) is 4.73. The summed E-state index contributed by atoms with van der Waals surface area (Å²) in [7, 11) is -3.62. The summed E-state index contributed by atoms with van der Waals surface area (Å²) >= 11 is 0. The van der Waals surface area contributed by atoms with Crippen molar-refractivity contribution in [3.05, 3.63) is 66.5 Å². The van der Waals surface area contributed by atoms with Crippen LogP contribution in [0.25, 0.3) is 11.4 Å². The van der Waals surface area contributed by atoms with Crippen molar-refractivity contribution in [2.45, 2.75) is 24.2 Å². The maximum absolute atomic E-state index is 12.9. The first-order chi connectivity index (χ1) is 14.9. The lowest BCUT2D eigenvalue weighted by Gasteiger charge is -2.26. The van der Waals surface area contributed by atoms with Gasteiger partial charge in [0, 0.05) is 24.2 Å². The SMILES string of the molecule is O=C(Nc1cnc(-c2cccc(O)c2)nc1)c1cccc(S(=O)(=O)N2CCCCC2)c1. The topological polar surface area (TPSA) is 112 Å². The summed E-state index contributed by atoms with van der Waals surface area (Å²) in [4.78, 5) is 21.2. The highest BCUT2D eigenvalue weighted by Gasteiger charge is 2.26. The fourth-order valence-corrected chi connectivity index (χ4v) is 5.01. The van der Waals surface area contributed by atoms with E-state index in [1.54, 1.807) is 36.4 Å². The van der Waals surface area contributed by atoms with Crippen LogP contribution in [0.15, 0.2) is 65.8 Å². The molecule has 160 valence electrons. The van der Waals surface area contributed by atoms with Crippen LogP contribution in [-0.2, 0) is 10.0 Å². The number of nitrogens with one attached hydrogen (secondary N) is 1. The number of rotatable bonds is 5. The van der Waals surface area contributed by atoms with E-state index in [0.717, 1.165) is 19.3 Å². The van der Waals surface area contributed by atoms with E-state index in [1.165, 1.54) is 28.8 Å². The van der Waals surface area contributed by atoms with Crippen molar-refractivity contribution in [3.8, 4) is 17.1 Å². The number of hydrogen-bond acceptors (Lipinski definition) is 6. The third-order valence-electron chi connectivity index (χ3n) is 5.06. The van der Waals surface area contributed by atoms with E-state index in [-0.39, 0.29) is 16.2 Å². The predicted molar refractivity (Wildman–Crippen MR) is 116 cm³/mol. The van der Waals surface area contributed by atoms with Gasteiger partial charge in [-0.05, 0) is 43.2 Å². The average Bonchev–Trinajstić information content (AvgIpc) is 2.80. The summed E-state index contributed by atoms with van der Waals surface area (Å²) in [5.74, 6) is 0.0609. The van der Waals surface area contributed by atoms with Gasteiger partial charge in [-0.3, -0.25) is 4.79 Å². The van der Waals surface area contributed by atoms with Gasteiger partial charge in [0.25, 0.3) is 5.91 Å². The van der Waals surface area contributed by atoms with Gasteiger partial charge in [-0.2, -0.15) is 4.31 Å². The number of sulfonamides is 1. The molecule has 8 nitrogen and oxygen atoms in total. The Morgan fingerprint density at radius 1 is 0.968 bits per heavy atom. The first-order valence-corrected chi connectivity index (χ1v) is 11.4. The highest BCUT2D eigenvalue weighted by atomic mass is 32.2. The van der Waals surface area contributed by atoms with Gasteiger partial charge in [-0.1, -0.05) is 24.6 Å². The number of nitrogens with zero attached hydrogens (tertiary/aromatic N) is 3. The standard InChI is InChI=1S/C22H22N4O4S/c27-19-8-4-6-16(12-19)21-23-14-18(15-24-21)25-22(28)17-7-5-9-20(13-17)31(29,30)26-10-2-1-3-11-26/h4-9,12-15,27H,1-3,10-11H2,(H,25,28). The lowest BCUT2D eigenvalue weighted by atomic mass is 10.2. The minimum absolute atomic E-state index is 0.109. The summed E-state index contributed by atoms with van der Waals surface area (Å²) in [5.41, 5.74) is 1.25. The molecule has 1 aliphatic heterocycles. The largest absolute Gasteiger partial charge is 0.508 e. The number of benzene rings is 2. The molecule has 0 saturated carbocycles. The number of carbonyl (C=O) groups excluding carboxylic acids is 1. The van der Waals surface area contributed by atoms with Crippen molar-refractivity contribution in [3.63, 3.8) is 0 Å². The number of phenolic OH excluding ortho intramolecular Hbond substituents is 1. The monoisotopic (exact) mass is 438 g/mol. The molecule has 0 atom stereocenters. The highest BCUT2D eigenvalue weighted by molar-refractivity contribution is 7.89. The van der Waals surface area contributed by atoms with Crippen molar-refractivity contribution >= 4 is 21.6 Å². The average molecular weight is 439 g/mol. The second kappa shape index (κ2) is 8.83. The number of aromatic nitrogens is 2. The van der Waals surface area contributed by atoms with Crippen LogP contribution in [0.5, 0.6) is 5.75 Å². The van der Waals surface area contributed by atoms with Crippen LogP contribution in [-0.4, -0.2) is 46.8 Å². The van der Waals surface area contributed by atoms with Crippen molar-refractivity contribution in [2.24, 2.45) is 0 Å². The van der Waals surface area contributed by atoms with Crippen molar-refractivity contribution < 1.29 is 18.3 Å². The fourth-order valence-electron chi connectivity index (χ4n) is 3.44. The van der Waals surface area contributed by atoms with Crippen molar-refractivity contribution in [1.29, 1.82) is 0 Å². The summed E-state index contributed by atoms with van der Waals surface area (Å²) in [6, 6.07) is 12.6. The van der Waals surface area contributed by atoms with E-state index in [4.69, 9.17) is 0 Å². The molecule has 1 aliphatic rings. The number of piperidine rings is 1. The predicted octanol–water partition coefficient (Wildman–Crippen LogP) is 3.28. The van der Waals surface area contributed by atoms with E-state index < -0.39 is 15.9 Å². The molecule has 1 saturated heterocycles. The van der Waals surface area contributed by atoms with Gasteiger partial charge in [-0.15, -0.1) is 0 Å². The van der Waals surface area contributed by atoms with Gasteiger partial charge in [0.2, 0.25) is 10.0 Å². The molecule has 2 aromatic carbocycles. The van der Waals surface area contributed by atoms with E-state index in [2.05, 4.69) is 15.3 Å². The van der Waals surface area contributed by atoms with E-state index in [9.17, 15) is 18.3 Å². The zero-order chi connectivity index (χ0) is 21.8. The molecule has 0 aliphatic carbocycles. The number of amides is 1. The molecular formula is C22H22N4O4S. The van der Waals surface area contributed by atoms with Crippen LogP contribution >= 0.6 is 0 Å². The molecule has 0 bridgehead atoms. The lowest BCUT2D eigenvalue weighted by Crippen LogP contribution is -2.35. The molecule has 4 rings (SSSR count). The molecule has 1 aromatic heterocycles. The normalized spacial score (nSPS) is 14.8. The minimum Gasteiger partial charge on any atom is -0.508 e. The van der Waals surface area contributed by atoms with Crippen LogP contribution in [0, 0.1) is 0 Å². The fraction of sp³-hybridized carbons (Fsp3) is 0.227. The molecule has 0 spiro atoms.